The van der Waals surface area contributed by atoms with Crippen LogP contribution in [0.25, 0.3) is 11.4 Å². The molecule has 0 N–H and O–H groups in total. The van der Waals surface area contributed by atoms with Crippen LogP contribution in [0.15, 0.2) is 42.3 Å². The molecule has 0 radical (unpaired) electrons. The molecule has 0 saturated carbocycles. The first kappa shape index (κ1) is 8.02. The van der Waals surface area contributed by atoms with E-state index >= 15 is 0 Å². The lowest BCUT2D eigenvalue weighted by molar-refractivity contribution is 1.35. The average molecular weight is 199 g/mol. The van der Waals surface area contributed by atoms with Gasteiger partial charge in [-0.25, -0.2) is 4.75 Å². The first-order valence-corrected chi connectivity index (χ1v) is 6.08. The van der Waals surface area contributed by atoms with E-state index in [0.717, 1.165) is 6.42 Å². The standard InChI is InChI=1S/C12H10NP/c1-2-5-11-9-12(8-10(11)4-1)14-7-3-6-13-14/h1-8H,9H2. The molecule has 1 aliphatic carbocycles. The minimum atomic E-state index is -0.343. The SMILES string of the molecule is C1=C(p2cccn2)Cc2ccccc21. The molecule has 2 aromatic rings. The molecule has 68 valence electrons. The third-order valence-electron chi connectivity index (χ3n) is 2.55. The van der Waals surface area contributed by atoms with E-state index in [9.17, 15) is 0 Å². The minimum Gasteiger partial charge on any atom is -0.241 e. The fourth-order valence-corrected chi connectivity index (χ4v) is 3.33. The van der Waals surface area contributed by atoms with Crippen molar-refractivity contribution in [1.29, 1.82) is 0 Å². The highest BCUT2D eigenvalue weighted by Gasteiger charge is 2.13. The van der Waals surface area contributed by atoms with E-state index < -0.39 is 0 Å². The molecule has 3 rings (SSSR count). The monoisotopic (exact) mass is 199 g/mol. The zero-order valence-electron chi connectivity index (χ0n) is 7.72. The van der Waals surface area contributed by atoms with Gasteiger partial charge in [0.15, 0.2) is 0 Å². The minimum absolute atomic E-state index is 0.343. The van der Waals surface area contributed by atoms with Gasteiger partial charge in [0.2, 0.25) is 0 Å². The maximum absolute atomic E-state index is 4.46. The molecule has 1 heterocycles. The maximum Gasteiger partial charge on any atom is 0.0317 e. The van der Waals surface area contributed by atoms with Gasteiger partial charge in [-0.05, 0) is 42.1 Å². The molecule has 0 bridgehead atoms. The second-order valence-corrected chi connectivity index (χ2v) is 5.25. The Morgan fingerprint density at radius 2 is 2.07 bits per heavy atom. The summed E-state index contributed by atoms with van der Waals surface area (Å²) in [6, 6.07) is 10.6. The van der Waals surface area contributed by atoms with Crippen molar-refractivity contribution < 1.29 is 0 Å². The predicted octanol–water partition coefficient (Wildman–Crippen LogP) is 3.62. The average Bonchev–Trinajstić information content (AvgIpc) is 2.86. The number of hydrogen-bond acceptors (Lipinski definition) is 1. The molecule has 0 saturated heterocycles. The molecule has 0 amide bonds. The van der Waals surface area contributed by atoms with E-state index in [1.807, 2.05) is 6.20 Å². The molecule has 1 atom stereocenters. The van der Waals surface area contributed by atoms with Crippen molar-refractivity contribution in [1.82, 2.24) is 4.75 Å². The molecule has 0 spiro atoms. The normalized spacial score (nSPS) is 15.1. The topological polar surface area (TPSA) is 12.9 Å². The zero-order chi connectivity index (χ0) is 9.38. The predicted molar refractivity (Wildman–Crippen MR) is 61.3 cm³/mol. The molecule has 1 aromatic carbocycles. The van der Waals surface area contributed by atoms with E-state index in [0.29, 0.717) is 0 Å². The van der Waals surface area contributed by atoms with Crippen LogP contribution >= 0.6 is 7.69 Å². The van der Waals surface area contributed by atoms with Crippen molar-refractivity contribution in [3.05, 3.63) is 53.5 Å². The molecule has 2 heteroatoms. The van der Waals surface area contributed by atoms with E-state index in [1.54, 1.807) is 0 Å². The Morgan fingerprint density at radius 1 is 1.14 bits per heavy atom. The zero-order valence-corrected chi connectivity index (χ0v) is 8.61. The van der Waals surface area contributed by atoms with Crippen LogP contribution in [0, 0.1) is 0 Å². The Bertz CT molecular complexity index is 483. The Balaban J connectivity index is 2.04. The van der Waals surface area contributed by atoms with Gasteiger partial charge in [-0.2, -0.15) is 0 Å². The summed E-state index contributed by atoms with van der Waals surface area (Å²) >= 11 is 0. The molecular weight excluding hydrogens is 189 g/mol. The van der Waals surface area contributed by atoms with Crippen LogP contribution < -0.4 is 0 Å². The highest BCUT2D eigenvalue weighted by molar-refractivity contribution is 7.56. The van der Waals surface area contributed by atoms with E-state index in [4.69, 9.17) is 0 Å². The number of hydrogen-bond donors (Lipinski definition) is 0. The van der Waals surface area contributed by atoms with Crippen molar-refractivity contribution >= 4 is 19.1 Å². The number of fused-ring (bicyclic) bond motifs is 1. The largest absolute Gasteiger partial charge is 0.241 e. The maximum atomic E-state index is 4.46. The van der Waals surface area contributed by atoms with Crippen LogP contribution in [0.4, 0.5) is 0 Å². The van der Waals surface area contributed by atoms with Crippen molar-refractivity contribution in [2.24, 2.45) is 0 Å². The first-order valence-electron chi connectivity index (χ1n) is 4.72. The van der Waals surface area contributed by atoms with Crippen LogP contribution in [0.1, 0.15) is 11.1 Å². The second kappa shape index (κ2) is 3.11. The van der Waals surface area contributed by atoms with Crippen molar-refractivity contribution in [2.45, 2.75) is 6.42 Å². The van der Waals surface area contributed by atoms with Crippen molar-refractivity contribution in [3.63, 3.8) is 0 Å². The highest BCUT2D eigenvalue weighted by atomic mass is 31.1. The summed E-state index contributed by atoms with van der Waals surface area (Å²) in [7, 11) is -0.343. The van der Waals surface area contributed by atoms with Gasteiger partial charge >= 0.3 is 0 Å². The summed E-state index contributed by atoms with van der Waals surface area (Å²) in [5, 5.41) is 1.48. The number of benzene rings is 1. The Labute approximate surface area is 84.2 Å². The van der Waals surface area contributed by atoms with Gasteiger partial charge in [0.05, 0.1) is 0 Å². The van der Waals surface area contributed by atoms with Crippen LogP contribution in [-0.4, -0.2) is 4.75 Å². The summed E-state index contributed by atoms with van der Waals surface area (Å²) in [6.45, 7) is 0. The summed E-state index contributed by atoms with van der Waals surface area (Å²) in [6.07, 6.45) is 5.30. The highest BCUT2D eigenvalue weighted by Crippen LogP contribution is 2.43. The Hall–Kier alpha value is -1.33. The molecule has 0 aliphatic heterocycles. The number of aromatic nitrogens is 1. The third kappa shape index (κ3) is 1.21. The summed E-state index contributed by atoms with van der Waals surface area (Å²) in [5.41, 5.74) is 2.82. The van der Waals surface area contributed by atoms with Gasteiger partial charge < -0.3 is 0 Å². The molecule has 1 aromatic heterocycles. The van der Waals surface area contributed by atoms with E-state index in [2.05, 4.69) is 47.0 Å². The van der Waals surface area contributed by atoms with Gasteiger partial charge in [-0.1, -0.05) is 24.3 Å². The number of nitrogens with zero attached hydrogens (tertiary/aromatic N) is 1. The van der Waals surface area contributed by atoms with E-state index in [-0.39, 0.29) is 7.69 Å². The fourth-order valence-electron chi connectivity index (χ4n) is 1.85. The lowest BCUT2D eigenvalue weighted by Crippen LogP contribution is -1.78. The first-order chi connectivity index (χ1) is 6.93. The van der Waals surface area contributed by atoms with Crippen molar-refractivity contribution in [2.75, 3.05) is 0 Å². The number of rotatable bonds is 1. The summed E-state index contributed by atoms with van der Waals surface area (Å²) in [5.74, 6) is 2.22. The quantitative estimate of drug-likeness (QED) is 0.683. The van der Waals surface area contributed by atoms with Crippen LogP contribution in [0.5, 0.6) is 0 Å². The molecule has 14 heavy (non-hydrogen) atoms. The van der Waals surface area contributed by atoms with E-state index in [1.165, 1.54) is 16.4 Å². The summed E-state index contributed by atoms with van der Waals surface area (Å²) < 4.78 is 4.46. The van der Waals surface area contributed by atoms with Gasteiger partial charge in [0.1, 0.15) is 0 Å². The van der Waals surface area contributed by atoms with Crippen LogP contribution in [0.2, 0.25) is 0 Å². The van der Waals surface area contributed by atoms with Crippen LogP contribution in [-0.2, 0) is 6.42 Å². The lowest BCUT2D eigenvalue weighted by atomic mass is 10.1. The van der Waals surface area contributed by atoms with Gasteiger partial charge in [0.25, 0.3) is 0 Å². The molecule has 1 aliphatic rings. The Morgan fingerprint density at radius 3 is 2.86 bits per heavy atom. The summed E-state index contributed by atoms with van der Waals surface area (Å²) in [4.78, 5) is 0. The van der Waals surface area contributed by atoms with Gasteiger partial charge in [-0.3, -0.25) is 0 Å². The van der Waals surface area contributed by atoms with Gasteiger partial charge in [-0.15, -0.1) is 0 Å². The Kier molecular flexibility index (Phi) is 1.78. The molecular formula is C12H10NP. The number of allylic oxidation sites excluding steroid dienone is 1. The molecule has 0 fully saturated rings. The van der Waals surface area contributed by atoms with Crippen molar-refractivity contribution in [3.8, 4) is 0 Å². The van der Waals surface area contributed by atoms with Gasteiger partial charge in [0, 0.05) is 12.6 Å². The smallest absolute Gasteiger partial charge is 0.0317 e. The second-order valence-electron chi connectivity index (χ2n) is 3.46. The van der Waals surface area contributed by atoms with Crippen LogP contribution in [0.3, 0.4) is 0 Å². The third-order valence-corrected chi connectivity index (χ3v) is 4.26. The fraction of sp³-hybridized carbons (Fsp3) is 0.0833. The lowest BCUT2D eigenvalue weighted by Gasteiger charge is -1.97. The molecule has 1 nitrogen and oxygen atoms in total. The molecule has 1 unspecified atom stereocenters.